The molecule has 204 valence electrons. The number of halogens is 1. The zero-order valence-electron chi connectivity index (χ0n) is 21.5. The van der Waals surface area contributed by atoms with Gasteiger partial charge in [-0.15, -0.1) is 0 Å². The normalized spacial score (nSPS) is 22.8. The van der Waals surface area contributed by atoms with Gasteiger partial charge in [-0.25, -0.2) is 9.19 Å². The van der Waals surface area contributed by atoms with Gasteiger partial charge in [0, 0.05) is 17.1 Å². The maximum absolute atomic E-state index is 12.6. The lowest BCUT2D eigenvalue weighted by molar-refractivity contribution is 0.00706. The zero-order valence-corrected chi connectivity index (χ0v) is 23.1. The van der Waals surface area contributed by atoms with Crippen LogP contribution >= 0.6 is 11.6 Å². The van der Waals surface area contributed by atoms with Crippen LogP contribution in [0.1, 0.15) is 13.8 Å². The van der Waals surface area contributed by atoms with E-state index in [9.17, 15) is 9.32 Å². The van der Waals surface area contributed by atoms with Crippen LogP contribution in [0.25, 0.3) is 33.5 Å². The number of rotatable bonds is 7. The summed E-state index contributed by atoms with van der Waals surface area (Å²) in [5.41, 5.74) is 5.38. The first-order valence-corrected chi connectivity index (χ1v) is 15.2. The summed E-state index contributed by atoms with van der Waals surface area (Å²) in [4.78, 5) is 12.3. The lowest BCUT2D eigenvalue weighted by Crippen LogP contribution is -2.34. The Balaban J connectivity index is 1.20. The van der Waals surface area contributed by atoms with Crippen LogP contribution in [0.4, 0.5) is 5.69 Å². The topological polar surface area (TPSA) is 119 Å². The first kappa shape index (κ1) is 26.2. The van der Waals surface area contributed by atoms with E-state index < -0.39 is 15.8 Å². The number of nitrogens with one attached hydrogen (secondary N) is 1. The Morgan fingerprint density at radius 3 is 2.33 bits per heavy atom. The maximum atomic E-state index is 12.6. The zero-order chi connectivity index (χ0) is 27.1. The molecule has 4 heterocycles. The fraction of sp³-hybridized carbons (Fsp3) is 0.357. The van der Waals surface area contributed by atoms with Crippen LogP contribution in [0.3, 0.4) is 0 Å². The largest absolute Gasteiger partial charge is 0.456 e. The molecule has 2 N–H and O–H groups in total. The molecule has 2 aromatic carbocycles. The molecule has 2 aliphatic rings. The molecule has 11 heteroatoms. The first-order valence-electron chi connectivity index (χ1n) is 12.9. The van der Waals surface area contributed by atoms with Crippen LogP contribution in [0, 0.1) is 0 Å². The van der Waals surface area contributed by atoms with Crippen LogP contribution in [0.2, 0.25) is 5.02 Å². The van der Waals surface area contributed by atoms with Crippen molar-refractivity contribution in [1.29, 1.82) is 0 Å². The Labute approximate surface area is 231 Å². The number of hydrogen-bond donors (Lipinski definition) is 2. The lowest BCUT2D eigenvalue weighted by Gasteiger charge is -2.15. The van der Waals surface area contributed by atoms with E-state index in [1.807, 2.05) is 62.4 Å². The number of aromatic nitrogens is 3. The molecule has 0 spiro atoms. The number of nitrogens with zero attached hydrogens (tertiary/aromatic N) is 3. The van der Waals surface area contributed by atoms with Gasteiger partial charge in [0.15, 0.2) is 11.8 Å². The maximum Gasteiger partial charge on any atom is 0.296 e. The molecule has 0 amide bonds. The Hall–Kier alpha value is -3.02. The molecule has 2 fully saturated rings. The predicted molar refractivity (Wildman–Crippen MR) is 151 cm³/mol. The molecular weight excluding hydrogens is 540 g/mol. The summed E-state index contributed by atoms with van der Waals surface area (Å²) >= 11 is 6.60. The number of aliphatic hydroxyl groups is 1. The van der Waals surface area contributed by atoms with E-state index in [0.717, 1.165) is 22.4 Å². The molecule has 2 aliphatic heterocycles. The molecule has 4 aromatic rings. The highest BCUT2D eigenvalue weighted by Gasteiger charge is 2.48. The summed E-state index contributed by atoms with van der Waals surface area (Å²) in [7, 11) is -2.19. The predicted octanol–water partition coefficient (Wildman–Crippen LogP) is 4.99. The van der Waals surface area contributed by atoms with E-state index in [-0.39, 0.29) is 24.9 Å². The second kappa shape index (κ2) is 10.5. The second-order valence-corrected chi connectivity index (χ2v) is 12.9. The molecule has 0 saturated carbocycles. The smallest absolute Gasteiger partial charge is 0.296 e. The molecule has 1 unspecified atom stereocenters. The van der Waals surface area contributed by atoms with Crippen molar-refractivity contribution in [1.82, 2.24) is 15.0 Å². The van der Waals surface area contributed by atoms with Gasteiger partial charge in [-0.05, 0) is 29.3 Å². The van der Waals surface area contributed by atoms with E-state index in [4.69, 9.17) is 25.8 Å². The van der Waals surface area contributed by atoms with Gasteiger partial charge in [0.05, 0.1) is 44.9 Å². The van der Waals surface area contributed by atoms with Crippen molar-refractivity contribution in [2.24, 2.45) is 4.36 Å². The van der Waals surface area contributed by atoms with Crippen LogP contribution in [-0.4, -0.2) is 73.4 Å². The number of ether oxygens (including phenoxy) is 3. The van der Waals surface area contributed by atoms with Gasteiger partial charge in [-0.1, -0.05) is 61.8 Å². The number of imidazole rings is 1. The van der Waals surface area contributed by atoms with Gasteiger partial charge in [0.2, 0.25) is 0 Å². The van der Waals surface area contributed by atoms with Crippen LogP contribution < -0.4 is 4.74 Å². The average Bonchev–Trinajstić information content (AvgIpc) is 3.65. The van der Waals surface area contributed by atoms with Gasteiger partial charge < -0.3 is 24.3 Å². The van der Waals surface area contributed by atoms with Crippen LogP contribution in [0.15, 0.2) is 59.0 Å². The van der Waals surface area contributed by atoms with Gasteiger partial charge in [-0.3, -0.25) is 0 Å². The molecule has 4 atom stereocenters. The fourth-order valence-corrected chi connectivity index (χ4v) is 6.34. The van der Waals surface area contributed by atoms with Crippen LogP contribution in [0.5, 0.6) is 6.01 Å². The van der Waals surface area contributed by atoms with Crippen molar-refractivity contribution in [3.63, 3.8) is 0 Å². The van der Waals surface area contributed by atoms with Crippen molar-refractivity contribution in [2.45, 2.75) is 38.3 Å². The Bertz CT molecular complexity index is 1610. The molecule has 6 rings (SSSR count). The molecule has 0 bridgehead atoms. The number of H-pyrrole nitrogens is 1. The minimum Gasteiger partial charge on any atom is -0.456 e. The third-order valence-electron chi connectivity index (χ3n) is 7.18. The minimum absolute atomic E-state index is 0.233. The molecule has 39 heavy (non-hydrogen) atoms. The average molecular weight is 569 g/mol. The van der Waals surface area contributed by atoms with Crippen molar-refractivity contribution in [3.05, 3.63) is 59.6 Å². The van der Waals surface area contributed by atoms with Crippen molar-refractivity contribution in [3.8, 4) is 28.4 Å². The van der Waals surface area contributed by atoms with E-state index in [1.165, 1.54) is 0 Å². The highest BCUT2D eigenvalue weighted by atomic mass is 35.5. The second-order valence-electron chi connectivity index (χ2n) is 9.62. The van der Waals surface area contributed by atoms with E-state index in [0.29, 0.717) is 46.0 Å². The van der Waals surface area contributed by atoms with Crippen molar-refractivity contribution in [2.75, 3.05) is 24.7 Å². The molecule has 0 radical (unpaired) electrons. The highest BCUT2D eigenvalue weighted by molar-refractivity contribution is 7.93. The number of hydrogen-bond acceptors (Lipinski definition) is 8. The number of benzene rings is 2. The van der Waals surface area contributed by atoms with Gasteiger partial charge in [-0.2, -0.15) is 9.35 Å². The van der Waals surface area contributed by atoms with Crippen molar-refractivity contribution >= 4 is 38.2 Å². The van der Waals surface area contributed by atoms with Crippen LogP contribution in [-0.2, 0) is 19.2 Å². The van der Waals surface area contributed by atoms with E-state index in [1.54, 1.807) is 6.07 Å². The van der Waals surface area contributed by atoms with Crippen molar-refractivity contribution < 1.29 is 23.5 Å². The van der Waals surface area contributed by atoms with E-state index in [2.05, 4.69) is 19.3 Å². The van der Waals surface area contributed by atoms with Gasteiger partial charge >= 0.3 is 0 Å². The number of aromatic amines is 1. The molecular formula is C28H29ClN4O5S. The van der Waals surface area contributed by atoms with Gasteiger partial charge in [0.1, 0.15) is 18.3 Å². The monoisotopic (exact) mass is 568 g/mol. The lowest BCUT2D eigenvalue weighted by atomic mass is 10.0. The third-order valence-corrected chi connectivity index (χ3v) is 9.82. The number of fused-ring (bicyclic) bond motifs is 2. The molecule has 9 nitrogen and oxygen atoms in total. The van der Waals surface area contributed by atoms with E-state index >= 15 is 0 Å². The van der Waals surface area contributed by atoms with Gasteiger partial charge in [0.25, 0.3) is 6.01 Å². The standard InChI is InChI=1S/C28H29ClN4O5S/c1-3-39(35,4-2)33-19-11-9-17(10-12-19)16-5-7-18(8-6-16)24-20(29)13-21-27(31-24)32-28(30-21)38-23-15-37-25-22(34)14-36-26(23)25/h5-13,22-23,25-26,34H,3-4,14-15H2,1-2H3,(H,30,31,32)/t22-,23-,25?,26-/m1/s1. The number of aliphatic hydroxyl groups excluding tert-OH is 1. The molecule has 0 aliphatic carbocycles. The fourth-order valence-electron chi connectivity index (χ4n) is 4.90. The molecule has 2 saturated heterocycles. The Morgan fingerprint density at radius 2 is 1.64 bits per heavy atom. The molecule has 2 aromatic heterocycles. The minimum atomic E-state index is -2.19. The summed E-state index contributed by atoms with van der Waals surface area (Å²) in [6.07, 6.45) is -1.73. The quantitative estimate of drug-likeness (QED) is 0.322. The number of pyridine rings is 1. The Morgan fingerprint density at radius 1 is 1.00 bits per heavy atom. The highest BCUT2D eigenvalue weighted by Crippen LogP contribution is 2.33. The Kier molecular flexibility index (Phi) is 7.07. The summed E-state index contributed by atoms with van der Waals surface area (Å²) in [6.45, 7) is 4.35. The SMILES string of the molecule is CCS(=O)(CC)=Nc1ccc(-c2ccc(-c3nc4nc(O[C@@H]5COC6[C@H](O)CO[C@@H]65)[nH]c4cc3Cl)cc2)cc1. The summed E-state index contributed by atoms with van der Waals surface area (Å²) in [5, 5.41) is 10.4. The summed E-state index contributed by atoms with van der Waals surface area (Å²) < 4.78 is 34.3. The summed E-state index contributed by atoms with van der Waals surface area (Å²) in [5.74, 6) is 1.08. The third kappa shape index (κ3) is 5.15. The summed E-state index contributed by atoms with van der Waals surface area (Å²) in [6, 6.07) is 17.8. The first-order chi connectivity index (χ1) is 18.9.